The molecule has 3 rings (SSSR count). The second kappa shape index (κ2) is 10.5. The van der Waals surface area contributed by atoms with Crippen molar-refractivity contribution in [3.05, 3.63) is 53.8 Å². The maximum Gasteiger partial charge on any atom is 0.261 e. The molecule has 1 aliphatic heterocycles. The molecule has 0 spiro atoms. The van der Waals surface area contributed by atoms with E-state index in [0.717, 1.165) is 6.07 Å². The van der Waals surface area contributed by atoms with Crippen molar-refractivity contribution in [2.45, 2.75) is 30.9 Å². The average Bonchev–Trinajstić information content (AvgIpc) is 2.78. The summed E-state index contributed by atoms with van der Waals surface area (Å²) >= 11 is 0. The van der Waals surface area contributed by atoms with E-state index in [1.54, 1.807) is 19.1 Å². The van der Waals surface area contributed by atoms with Gasteiger partial charge in [-0.3, -0.25) is 9.52 Å². The minimum atomic E-state index is -4.02. The molecule has 0 fully saturated rings. The van der Waals surface area contributed by atoms with Crippen LogP contribution in [0.25, 0.3) is 0 Å². The van der Waals surface area contributed by atoms with Crippen molar-refractivity contribution in [2.24, 2.45) is 5.92 Å². The number of amides is 1. The van der Waals surface area contributed by atoms with Gasteiger partial charge in [-0.15, -0.1) is 0 Å². The van der Waals surface area contributed by atoms with Crippen molar-refractivity contribution in [3.8, 4) is 5.75 Å². The summed E-state index contributed by atoms with van der Waals surface area (Å²) < 4.78 is 52.8. The largest absolute Gasteiger partial charge is 0.491 e. The Morgan fingerprint density at radius 3 is 2.67 bits per heavy atom. The number of methoxy groups -OCH3 is 1. The summed E-state index contributed by atoms with van der Waals surface area (Å²) in [6, 6.07) is 9.18. The maximum absolute atomic E-state index is 13.5. The van der Waals surface area contributed by atoms with Crippen molar-refractivity contribution >= 4 is 21.6 Å². The van der Waals surface area contributed by atoms with Crippen LogP contribution in [0.5, 0.6) is 5.75 Å². The molecule has 1 amide bonds. The first-order valence-corrected chi connectivity index (χ1v) is 12.2. The van der Waals surface area contributed by atoms with Gasteiger partial charge in [0.15, 0.2) is 0 Å². The number of carbonyl (C=O) groups is 1. The minimum Gasteiger partial charge on any atom is -0.491 e. The number of nitrogens with one attached hydrogen (secondary N) is 2. The molecular formula is C23H30FN3O5S. The van der Waals surface area contributed by atoms with Crippen LogP contribution in [0, 0.1) is 11.7 Å². The van der Waals surface area contributed by atoms with Crippen molar-refractivity contribution in [2.75, 3.05) is 38.6 Å². The van der Waals surface area contributed by atoms with Gasteiger partial charge in [-0.2, -0.15) is 0 Å². The third kappa shape index (κ3) is 6.21. The van der Waals surface area contributed by atoms with E-state index in [4.69, 9.17) is 9.47 Å². The van der Waals surface area contributed by atoms with Crippen LogP contribution in [0.3, 0.4) is 0 Å². The van der Waals surface area contributed by atoms with Gasteiger partial charge >= 0.3 is 0 Å². The number of hydrogen-bond acceptors (Lipinski definition) is 6. The maximum atomic E-state index is 13.5. The Bertz CT molecular complexity index is 1100. The smallest absolute Gasteiger partial charge is 0.261 e. The fourth-order valence-corrected chi connectivity index (χ4v) is 4.65. The highest BCUT2D eigenvalue weighted by atomic mass is 32.2. The summed E-state index contributed by atoms with van der Waals surface area (Å²) in [4.78, 5) is 14.5. The second-order valence-electron chi connectivity index (χ2n) is 8.33. The van der Waals surface area contributed by atoms with E-state index >= 15 is 0 Å². The standard InChI is InChI=1S/C23H30FN3O5S/c1-15-12-25-16(2)14-32-21-11-18(26-33(29,30)19-7-5-6-17(24)10-19)8-9-20(21)23(28)27(3)13-22(15)31-4/h5-11,15-16,22,25-26H,12-14H2,1-4H3/t15-,16+,22-/m0/s1. The molecule has 1 aliphatic rings. The lowest BCUT2D eigenvalue weighted by Gasteiger charge is -2.30. The van der Waals surface area contributed by atoms with Crippen molar-refractivity contribution < 1.29 is 27.1 Å². The lowest BCUT2D eigenvalue weighted by molar-refractivity contribution is 0.0281. The van der Waals surface area contributed by atoms with Gasteiger partial charge in [0, 0.05) is 39.4 Å². The van der Waals surface area contributed by atoms with Gasteiger partial charge in [0.25, 0.3) is 15.9 Å². The molecule has 0 saturated carbocycles. The normalized spacial score (nSPS) is 22.5. The van der Waals surface area contributed by atoms with Crippen LogP contribution in [0.15, 0.2) is 47.4 Å². The lowest BCUT2D eigenvalue weighted by atomic mass is 10.0. The molecule has 0 saturated heterocycles. The highest BCUT2D eigenvalue weighted by molar-refractivity contribution is 7.92. The van der Waals surface area contributed by atoms with Crippen LogP contribution < -0.4 is 14.8 Å². The molecule has 0 aromatic heterocycles. The zero-order valence-corrected chi connectivity index (χ0v) is 20.0. The predicted molar refractivity (Wildman–Crippen MR) is 124 cm³/mol. The van der Waals surface area contributed by atoms with E-state index in [9.17, 15) is 17.6 Å². The number of benzene rings is 2. The van der Waals surface area contributed by atoms with E-state index < -0.39 is 15.8 Å². The molecule has 2 aromatic carbocycles. The van der Waals surface area contributed by atoms with Crippen molar-refractivity contribution in [1.29, 1.82) is 0 Å². The number of ether oxygens (including phenoxy) is 2. The number of hydrogen-bond donors (Lipinski definition) is 2. The highest BCUT2D eigenvalue weighted by Gasteiger charge is 2.26. The zero-order valence-electron chi connectivity index (χ0n) is 19.2. The van der Waals surface area contributed by atoms with Gasteiger partial charge in [0.1, 0.15) is 18.2 Å². The number of halogens is 1. The first-order valence-electron chi connectivity index (χ1n) is 10.7. The van der Waals surface area contributed by atoms with Crippen molar-refractivity contribution in [1.82, 2.24) is 10.2 Å². The van der Waals surface area contributed by atoms with Crippen LogP contribution >= 0.6 is 0 Å². The van der Waals surface area contributed by atoms with Crippen LogP contribution in [-0.2, 0) is 14.8 Å². The summed E-state index contributed by atoms with van der Waals surface area (Å²) in [6.45, 7) is 5.37. The average molecular weight is 480 g/mol. The summed E-state index contributed by atoms with van der Waals surface area (Å²) in [5.74, 6) is -0.494. The van der Waals surface area contributed by atoms with Crippen LogP contribution in [0.4, 0.5) is 10.1 Å². The predicted octanol–water partition coefficient (Wildman–Crippen LogP) is 2.72. The Morgan fingerprint density at radius 1 is 1.21 bits per heavy atom. The van der Waals surface area contributed by atoms with Crippen LogP contribution in [0.1, 0.15) is 24.2 Å². The number of rotatable bonds is 4. The molecule has 8 nitrogen and oxygen atoms in total. The Balaban J connectivity index is 1.92. The summed E-state index contributed by atoms with van der Waals surface area (Å²) in [5.41, 5.74) is 0.506. The van der Waals surface area contributed by atoms with Crippen molar-refractivity contribution in [3.63, 3.8) is 0 Å². The SMILES string of the molecule is CO[C@H]1CN(C)C(=O)c2ccc(NS(=O)(=O)c3cccc(F)c3)cc2OC[C@@H](C)NC[C@@H]1C. The fraction of sp³-hybridized carbons (Fsp3) is 0.435. The molecule has 33 heavy (non-hydrogen) atoms. The topological polar surface area (TPSA) is 97.0 Å². The molecule has 2 aromatic rings. The zero-order chi connectivity index (χ0) is 24.2. The van der Waals surface area contributed by atoms with Gasteiger partial charge in [-0.05, 0) is 43.2 Å². The number of anilines is 1. The quantitative estimate of drug-likeness (QED) is 0.700. The Labute approximate surface area is 194 Å². The van der Waals surface area contributed by atoms with Crippen LogP contribution in [-0.4, -0.2) is 65.2 Å². The number of fused-ring (bicyclic) bond motifs is 1. The molecular weight excluding hydrogens is 449 g/mol. The molecule has 0 bridgehead atoms. The highest BCUT2D eigenvalue weighted by Crippen LogP contribution is 2.27. The van der Waals surface area contributed by atoms with E-state index in [0.29, 0.717) is 18.7 Å². The molecule has 0 unspecified atom stereocenters. The summed E-state index contributed by atoms with van der Waals surface area (Å²) in [7, 11) is -0.708. The Kier molecular flexibility index (Phi) is 7.93. The van der Waals surface area contributed by atoms with Gasteiger partial charge in [0.05, 0.1) is 22.3 Å². The van der Waals surface area contributed by atoms with Gasteiger partial charge in [-0.1, -0.05) is 13.0 Å². The van der Waals surface area contributed by atoms with E-state index in [-0.39, 0.29) is 46.9 Å². The first-order chi connectivity index (χ1) is 15.6. The number of nitrogens with zero attached hydrogens (tertiary/aromatic N) is 1. The molecule has 3 atom stereocenters. The Morgan fingerprint density at radius 2 is 1.97 bits per heavy atom. The molecule has 10 heteroatoms. The fourth-order valence-electron chi connectivity index (χ4n) is 3.57. The number of carbonyl (C=O) groups excluding carboxylic acids is 1. The first kappa shape index (κ1) is 24.9. The van der Waals surface area contributed by atoms with E-state index in [2.05, 4.69) is 17.0 Å². The molecule has 0 radical (unpaired) electrons. The summed E-state index contributed by atoms with van der Waals surface area (Å²) in [6.07, 6.45) is -0.153. The van der Waals surface area contributed by atoms with E-state index in [1.807, 2.05) is 6.92 Å². The van der Waals surface area contributed by atoms with Gasteiger partial charge < -0.3 is 19.7 Å². The Hall–Kier alpha value is -2.69. The number of sulfonamides is 1. The van der Waals surface area contributed by atoms with E-state index in [1.165, 1.54) is 36.4 Å². The molecule has 180 valence electrons. The third-order valence-corrected chi connectivity index (χ3v) is 6.96. The van der Waals surface area contributed by atoms with Gasteiger partial charge in [0.2, 0.25) is 0 Å². The second-order valence-corrected chi connectivity index (χ2v) is 10.0. The minimum absolute atomic E-state index is 0.0160. The molecule has 0 aliphatic carbocycles. The third-order valence-electron chi connectivity index (χ3n) is 5.59. The van der Waals surface area contributed by atoms with Crippen LogP contribution in [0.2, 0.25) is 0 Å². The lowest BCUT2D eigenvalue weighted by Crippen LogP contribution is -2.44. The summed E-state index contributed by atoms with van der Waals surface area (Å²) in [5, 5.41) is 3.40. The number of likely N-dealkylation sites (N-methyl/N-ethyl adjacent to an activating group) is 1. The molecule has 1 heterocycles. The monoisotopic (exact) mass is 479 g/mol. The molecule has 2 N–H and O–H groups in total. The van der Waals surface area contributed by atoms with Gasteiger partial charge in [-0.25, -0.2) is 12.8 Å².